The largest absolute Gasteiger partial charge is 0.497 e. The molecule has 1 saturated heterocycles. The molecule has 232 valence electrons. The summed E-state index contributed by atoms with van der Waals surface area (Å²) in [5.74, 6) is 1.53. The zero-order valence-corrected chi connectivity index (χ0v) is 24.6. The van der Waals surface area contributed by atoms with Crippen molar-refractivity contribution in [1.82, 2.24) is 15.0 Å². The lowest BCUT2D eigenvalue weighted by Gasteiger charge is -2.17. The second-order valence-electron chi connectivity index (χ2n) is 10.5. The van der Waals surface area contributed by atoms with E-state index >= 15 is 0 Å². The van der Waals surface area contributed by atoms with Crippen LogP contribution in [0.4, 0.5) is 19.1 Å². The van der Waals surface area contributed by atoms with Crippen LogP contribution in [0.2, 0.25) is 0 Å². The van der Waals surface area contributed by atoms with Crippen LogP contribution in [-0.2, 0) is 28.5 Å². The number of ether oxygens (including phenoxy) is 3. The molecule has 9 nitrogen and oxygen atoms in total. The van der Waals surface area contributed by atoms with Crippen molar-refractivity contribution in [2.24, 2.45) is 11.8 Å². The van der Waals surface area contributed by atoms with E-state index in [2.05, 4.69) is 15.0 Å². The second-order valence-corrected chi connectivity index (χ2v) is 10.5. The van der Waals surface area contributed by atoms with Gasteiger partial charge >= 0.3 is 12.1 Å². The summed E-state index contributed by atoms with van der Waals surface area (Å²) in [5.41, 5.74) is 1.60. The van der Waals surface area contributed by atoms with E-state index in [1.807, 2.05) is 55.5 Å². The number of hydrogen-bond donors (Lipinski definition) is 0. The molecule has 1 aliphatic rings. The number of benzene rings is 2. The minimum Gasteiger partial charge on any atom is -0.497 e. The van der Waals surface area contributed by atoms with Crippen LogP contribution in [0.3, 0.4) is 0 Å². The average molecular weight is 611 g/mol. The first-order valence-corrected chi connectivity index (χ1v) is 14.3. The predicted octanol–water partition coefficient (Wildman–Crippen LogP) is 5.95. The summed E-state index contributed by atoms with van der Waals surface area (Å²) in [6.07, 6.45) is -2.43. The number of rotatable bonds is 11. The van der Waals surface area contributed by atoms with Crippen molar-refractivity contribution in [2.75, 3.05) is 38.3 Å². The van der Waals surface area contributed by atoms with Crippen molar-refractivity contribution in [3.05, 3.63) is 83.5 Å². The number of anilines is 1. The molecule has 0 amide bonds. The fourth-order valence-electron chi connectivity index (χ4n) is 5.22. The Hall–Kier alpha value is -4.61. The number of carbonyl (C=O) groups excluding carboxylic acids is 1. The lowest BCUT2D eigenvalue weighted by molar-refractivity contribution is -0.148. The monoisotopic (exact) mass is 610 g/mol. The summed E-state index contributed by atoms with van der Waals surface area (Å²) < 4.78 is 61.9. The van der Waals surface area contributed by atoms with E-state index in [1.54, 1.807) is 18.9 Å². The van der Waals surface area contributed by atoms with E-state index in [9.17, 15) is 18.0 Å². The molecule has 4 aromatic rings. The number of carbonyl (C=O) groups is 1. The summed E-state index contributed by atoms with van der Waals surface area (Å²) in [6, 6.07) is 15.9. The van der Waals surface area contributed by atoms with Gasteiger partial charge in [-0.15, -0.1) is 0 Å². The van der Waals surface area contributed by atoms with E-state index in [0.717, 1.165) is 40.6 Å². The quantitative estimate of drug-likeness (QED) is 0.191. The summed E-state index contributed by atoms with van der Waals surface area (Å²) >= 11 is 0. The average Bonchev–Trinajstić information content (AvgIpc) is 3.61. The molecule has 2 aromatic carbocycles. The highest BCUT2D eigenvalue weighted by atomic mass is 19.4. The standard InChI is InChI=1S/C32H33F3N4O5/c1-4-42-30(40)26-19-39(31-36-15-13-28(38-31)32(33,34)35)18-23(26)17-21-5-9-25(10-6-21)43-16-14-27-20(2)44-29(37-27)22-7-11-24(41-3)12-8-22/h5-13,15,23,26H,4,14,16-19H2,1-3H3/t23-,26+/m1/s1. The second kappa shape index (κ2) is 13.4. The Morgan fingerprint density at radius 2 is 1.75 bits per heavy atom. The van der Waals surface area contributed by atoms with Crippen LogP contribution in [0.25, 0.3) is 11.5 Å². The first kappa shape index (κ1) is 30.8. The van der Waals surface area contributed by atoms with Crippen LogP contribution in [0.5, 0.6) is 11.5 Å². The molecule has 0 spiro atoms. The van der Waals surface area contributed by atoms with Crippen molar-refractivity contribution in [3.63, 3.8) is 0 Å². The minimum atomic E-state index is -4.59. The van der Waals surface area contributed by atoms with Crippen LogP contribution in [-0.4, -0.2) is 54.3 Å². The van der Waals surface area contributed by atoms with Gasteiger partial charge in [0.1, 0.15) is 23.0 Å². The summed E-state index contributed by atoms with van der Waals surface area (Å²) in [5, 5.41) is 0. The number of aryl methyl sites for hydroxylation is 1. The molecule has 0 aliphatic carbocycles. The van der Waals surface area contributed by atoms with Gasteiger partial charge in [-0.3, -0.25) is 4.79 Å². The van der Waals surface area contributed by atoms with Crippen molar-refractivity contribution in [2.45, 2.75) is 32.9 Å². The number of methoxy groups -OCH3 is 1. The van der Waals surface area contributed by atoms with Crippen molar-refractivity contribution < 1.29 is 36.6 Å². The van der Waals surface area contributed by atoms with Gasteiger partial charge in [-0.1, -0.05) is 12.1 Å². The molecule has 0 bridgehead atoms. The first-order valence-electron chi connectivity index (χ1n) is 14.3. The molecule has 0 saturated carbocycles. The highest BCUT2D eigenvalue weighted by molar-refractivity contribution is 5.74. The van der Waals surface area contributed by atoms with Crippen LogP contribution in [0, 0.1) is 18.8 Å². The van der Waals surface area contributed by atoms with E-state index in [1.165, 1.54) is 0 Å². The Morgan fingerprint density at radius 3 is 2.43 bits per heavy atom. The SMILES string of the molecule is CCOC(=O)[C@H]1CN(c2nccc(C(F)(F)F)n2)C[C@H]1Cc1ccc(OCCc2nc(-c3ccc(OC)cc3)oc2C)cc1. The van der Waals surface area contributed by atoms with Crippen LogP contribution in [0.15, 0.2) is 65.2 Å². The number of esters is 1. The maximum atomic E-state index is 13.2. The van der Waals surface area contributed by atoms with E-state index in [-0.39, 0.29) is 31.0 Å². The van der Waals surface area contributed by atoms with Gasteiger partial charge in [0.05, 0.1) is 31.9 Å². The van der Waals surface area contributed by atoms with Gasteiger partial charge in [0.25, 0.3) is 0 Å². The van der Waals surface area contributed by atoms with Crippen LogP contribution < -0.4 is 14.4 Å². The lowest BCUT2D eigenvalue weighted by Crippen LogP contribution is -2.27. The number of alkyl halides is 3. The lowest BCUT2D eigenvalue weighted by atomic mass is 9.90. The maximum Gasteiger partial charge on any atom is 0.433 e. The minimum absolute atomic E-state index is 0.0566. The van der Waals surface area contributed by atoms with Gasteiger partial charge in [-0.25, -0.2) is 15.0 Å². The summed E-state index contributed by atoms with van der Waals surface area (Å²) in [7, 11) is 1.61. The highest BCUT2D eigenvalue weighted by Gasteiger charge is 2.40. The summed E-state index contributed by atoms with van der Waals surface area (Å²) in [4.78, 5) is 26.7. The molecule has 5 rings (SSSR count). The van der Waals surface area contributed by atoms with E-state index < -0.39 is 17.8 Å². The zero-order valence-electron chi connectivity index (χ0n) is 24.6. The van der Waals surface area contributed by atoms with Gasteiger partial charge in [-0.05, 0) is 74.2 Å². The fraction of sp³-hybridized carbons (Fsp3) is 0.375. The van der Waals surface area contributed by atoms with Gasteiger partial charge < -0.3 is 23.5 Å². The molecule has 0 radical (unpaired) electrons. The number of oxazole rings is 1. The van der Waals surface area contributed by atoms with Gasteiger partial charge in [0.2, 0.25) is 11.8 Å². The van der Waals surface area contributed by atoms with Gasteiger partial charge in [-0.2, -0.15) is 13.2 Å². The number of halogens is 3. The molecule has 3 heterocycles. The van der Waals surface area contributed by atoms with Crippen molar-refractivity contribution in [3.8, 4) is 23.0 Å². The normalized spacial score (nSPS) is 16.6. The Labute approximate surface area is 253 Å². The third-order valence-corrected chi connectivity index (χ3v) is 7.50. The third-order valence-electron chi connectivity index (χ3n) is 7.50. The Bertz CT molecular complexity index is 1560. The highest BCUT2D eigenvalue weighted by Crippen LogP contribution is 2.33. The fourth-order valence-corrected chi connectivity index (χ4v) is 5.22. The predicted molar refractivity (Wildman–Crippen MR) is 155 cm³/mol. The molecular weight excluding hydrogens is 577 g/mol. The van der Waals surface area contributed by atoms with E-state index in [0.29, 0.717) is 37.6 Å². The van der Waals surface area contributed by atoms with E-state index in [4.69, 9.17) is 18.6 Å². The molecule has 1 fully saturated rings. The van der Waals surface area contributed by atoms with Crippen molar-refractivity contribution >= 4 is 11.9 Å². The zero-order chi connectivity index (χ0) is 31.3. The number of nitrogens with zero attached hydrogens (tertiary/aromatic N) is 4. The Morgan fingerprint density at radius 1 is 1.02 bits per heavy atom. The van der Waals surface area contributed by atoms with Crippen molar-refractivity contribution in [1.29, 1.82) is 0 Å². The number of hydrogen-bond acceptors (Lipinski definition) is 9. The first-order chi connectivity index (χ1) is 21.1. The smallest absolute Gasteiger partial charge is 0.433 e. The number of aromatic nitrogens is 3. The van der Waals surface area contributed by atoms with Gasteiger partial charge in [0.15, 0.2) is 0 Å². The Balaban J connectivity index is 1.19. The molecule has 0 unspecified atom stereocenters. The molecule has 44 heavy (non-hydrogen) atoms. The van der Waals surface area contributed by atoms with Crippen LogP contribution in [0.1, 0.15) is 29.6 Å². The summed E-state index contributed by atoms with van der Waals surface area (Å²) in [6.45, 7) is 4.69. The molecular formula is C32H33F3N4O5. The maximum absolute atomic E-state index is 13.2. The topological polar surface area (TPSA) is 99.8 Å². The molecule has 12 heteroatoms. The molecule has 2 atom stereocenters. The Kier molecular flexibility index (Phi) is 9.36. The molecule has 0 N–H and O–H groups in total. The molecule has 2 aromatic heterocycles. The molecule has 1 aliphatic heterocycles. The third kappa shape index (κ3) is 7.29. The van der Waals surface area contributed by atoms with Gasteiger partial charge in [0, 0.05) is 31.3 Å². The van der Waals surface area contributed by atoms with Crippen LogP contribution >= 0.6 is 0 Å².